The van der Waals surface area contributed by atoms with E-state index in [1.54, 1.807) is 19.1 Å². The molecule has 0 bridgehead atoms. The van der Waals surface area contributed by atoms with E-state index in [1.165, 1.54) is 0 Å². The number of hydrogen-bond acceptors (Lipinski definition) is 4. The van der Waals surface area contributed by atoms with Crippen LogP contribution >= 0.6 is 0 Å². The number of fused-ring (bicyclic) bond motifs is 1. The Hall–Kier alpha value is -1.75. The monoisotopic (exact) mass is 236 g/mol. The van der Waals surface area contributed by atoms with Gasteiger partial charge < -0.3 is 20.5 Å². The molecule has 1 aromatic carbocycles. The highest BCUT2D eigenvalue weighted by molar-refractivity contribution is 5.99. The van der Waals surface area contributed by atoms with Crippen LogP contribution in [0.15, 0.2) is 18.2 Å². The third-order valence-corrected chi connectivity index (χ3v) is 2.57. The average Bonchev–Trinajstić information content (AvgIpc) is 2.37. The zero-order valence-electron chi connectivity index (χ0n) is 9.69. The fourth-order valence-electron chi connectivity index (χ4n) is 1.70. The van der Waals surface area contributed by atoms with Crippen LogP contribution in [0.2, 0.25) is 0 Å². The van der Waals surface area contributed by atoms with Crippen LogP contribution in [-0.4, -0.2) is 36.8 Å². The predicted octanol–water partition coefficient (Wildman–Crippen LogP) is 0.602. The van der Waals surface area contributed by atoms with Gasteiger partial charge in [-0.05, 0) is 19.1 Å². The van der Waals surface area contributed by atoms with Gasteiger partial charge in [0.05, 0.1) is 17.9 Å². The number of rotatable bonds is 3. The summed E-state index contributed by atoms with van der Waals surface area (Å²) in [5.41, 5.74) is 1.33. The number of amides is 1. The van der Waals surface area contributed by atoms with Crippen LogP contribution in [0.3, 0.4) is 0 Å². The standard InChI is InChI=1S/C12H16N2O3/c1-8(7-15)14-12(16)9-3-2-4-10-11(9)17-6-5-13-10/h2-4,8,13,15H,5-7H2,1H3,(H,14,16)/t8-/m1/s1. The smallest absolute Gasteiger partial charge is 0.255 e. The van der Waals surface area contributed by atoms with Gasteiger partial charge in [-0.1, -0.05) is 6.07 Å². The van der Waals surface area contributed by atoms with Crippen molar-refractivity contribution < 1.29 is 14.6 Å². The van der Waals surface area contributed by atoms with Crippen LogP contribution in [0.1, 0.15) is 17.3 Å². The molecule has 0 aromatic heterocycles. The normalized spacial score (nSPS) is 15.2. The molecular formula is C12H16N2O3. The van der Waals surface area contributed by atoms with Crippen molar-refractivity contribution in [3.05, 3.63) is 23.8 Å². The minimum Gasteiger partial charge on any atom is -0.489 e. The Bertz CT molecular complexity index is 420. The second-order valence-electron chi connectivity index (χ2n) is 4.01. The Morgan fingerprint density at radius 1 is 1.65 bits per heavy atom. The summed E-state index contributed by atoms with van der Waals surface area (Å²) in [6.07, 6.45) is 0. The minimum atomic E-state index is -0.269. The van der Waals surface area contributed by atoms with E-state index >= 15 is 0 Å². The summed E-state index contributed by atoms with van der Waals surface area (Å²) >= 11 is 0. The van der Waals surface area contributed by atoms with Crippen LogP contribution in [0.4, 0.5) is 5.69 Å². The lowest BCUT2D eigenvalue weighted by Gasteiger charge is -2.22. The van der Waals surface area contributed by atoms with Gasteiger partial charge in [-0.25, -0.2) is 0 Å². The summed E-state index contributed by atoms with van der Waals surface area (Å²) in [5, 5.41) is 14.8. The van der Waals surface area contributed by atoms with Gasteiger partial charge in [-0.3, -0.25) is 4.79 Å². The van der Waals surface area contributed by atoms with E-state index in [1.807, 2.05) is 6.07 Å². The molecular weight excluding hydrogens is 220 g/mol. The number of aliphatic hydroxyl groups excluding tert-OH is 1. The summed E-state index contributed by atoms with van der Waals surface area (Å²) in [6.45, 7) is 2.95. The molecule has 0 unspecified atom stereocenters. The molecule has 2 rings (SSSR count). The molecule has 1 aliphatic rings. The van der Waals surface area contributed by atoms with Crippen molar-refractivity contribution in [2.24, 2.45) is 0 Å². The zero-order valence-corrected chi connectivity index (χ0v) is 9.69. The second-order valence-corrected chi connectivity index (χ2v) is 4.01. The lowest BCUT2D eigenvalue weighted by molar-refractivity contribution is 0.0918. The van der Waals surface area contributed by atoms with E-state index < -0.39 is 0 Å². The molecule has 17 heavy (non-hydrogen) atoms. The van der Waals surface area contributed by atoms with Crippen molar-refractivity contribution in [1.29, 1.82) is 0 Å². The van der Waals surface area contributed by atoms with Gasteiger partial charge in [0, 0.05) is 12.6 Å². The Balaban J connectivity index is 2.23. The Morgan fingerprint density at radius 2 is 2.47 bits per heavy atom. The number of benzene rings is 1. The molecule has 1 atom stereocenters. The molecule has 5 heteroatoms. The number of nitrogens with one attached hydrogen (secondary N) is 2. The number of hydrogen-bond donors (Lipinski definition) is 3. The number of ether oxygens (including phenoxy) is 1. The highest BCUT2D eigenvalue weighted by Gasteiger charge is 2.19. The van der Waals surface area contributed by atoms with Crippen LogP contribution in [0.5, 0.6) is 5.75 Å². The average molecular weight is 236 g/mol. The maximum Gasteiger partial charge on any atom is 0.255 e. The Kier molecular flexibility index (Phi) is 3.49. The zero-order chi connectivity index (χ0) is 12.3. The summed E-state index contributed by atoms with van der Waals surface area (Å²) in [5.74, 6) is 0.355. The second kappa shape index (κ2) is 5.05. The first-order chi connectivity index (χ1) is 8.22. The van der Waals surface area contributed by atoms with Gasteiger partial charge in [-0.2, -0.15) is 0 Å². The molecule has 1 amide bonds. The van der Waals surface area contributed by atoms with Crippen LogP contribution < -0.4 is 15.4 Å². The predicted molar refractivity (Wildman–Crippen MR) is 64.4 cm³/mol. The third kappa shape index (κ3) is 2.50. The van der Waals surface area contributed by atoms with Gasteiger partial charge >= 0.3 is 0 Å². The molecule has 0 saturated carbocycles. The van der Waals surface area contributed by atoms with Gasteiger partial charge in [0.25, 0.3) is 5.91 Å². The maximum atomic E-state index is 12.0. The highest BCUT2D eigenvalue weighted by Crippen LogP contribution is 2.31. The molecule has 1 aromatic rings. The highest BCUT2D eigenvalue weighted by atomic mass is 16.5. The molecule has 0 spiro atoms. The first-order valence-electron chi connectivity index (χ1n) is 5.63. The van der Waals surface area contributed by atoms with E-state index in [0.29, 0.717) is 17.9 Å². The Labute approximate surface area is 99.8 Å². The largest absolute Gasteiger partial charge is 0.489 e. The van der Waals surface area contributed by atoms with Crippen molar-refractivity contribution in [1.82, 2.24) is 5.32 Å². The molecule has 1 aliphatic heterocycles. The van der Waals surface area contributed by atoms with Crippen LogP contribution in [0, 0.1) is 0 Å². The fourth-order valence-corrected chi connectivity index (χ4v) is 1.70. The summed E-state index contributed by atoms with van der Waals surface area (Å²) in [6, 6.07) is 5.13. The van der Waals surface area contributed by atoms with Crippen molar-refractivity contribution in [3.8, 4) is 5.75 Å². The first kappa shape index (κ1) is 11.7. The summed E-state index contributed by atoms with van der Waals surface area (Å²) in [7, 11) is 0. The Morgan fingerprint density at radius 3 is 3.24 bits per heavy atom. The number of carbonyl (C=O) groups is 1. The topological polar surface area (TPSA) is 70.6 Å². The van der Waals surface area contributed by atoms with E-state index in [4.69, 9.17) is 9.84 Å². The molecule has 0 radical (unpaired) electrons. The molecule has 5 nitrogen and oxygen atoms in total. The van der Waals surface area contributed by atoms with Gasteiger partial charge in [0.2, 0.25) is 0 Å². The number of para-hydroxylation sites is 1. The molecule has 0 fully saturated rings. The SMILES string of the molecule is C[C@H](CO)NC(=O)c1cccc2c1OCCN2. The number of carbonyl (C=O) groups excluding carboxylic acids is 1. The van der Waals surface area contributed by atoms with E-state index in [9.17, 15) is 4.79 Å². The molecule has 3 N–H and O–H groups in total. The molecule has 0 aliphatic carbocycles. The minimum absolute atomic E-state index is 0.0835. The molecule has 1 heterocycles. The molecule has 0 saturated heterocycles. The maximum absolute atomic E-state index is 12.0. The van der Waals surface area contributed by atoms with Crippen molar-refractivity contribution in [2.75, 3.05) is 25.1 Å². The van der Waals surface area contributed by atoms with E-state index in [2.05, 4.69) is 10.6 Å². The van der Waals surface area contributed by atoms with Crippen molar-refractivity contribution in [3.63, 3.8) is 0 Å². The van der Waals surface area contributed by atoms with Gasteiger partial charge in [-0.15, -0.1) is 0 Å². The quantitative estimate of drug-likeness (QED) is 0.719. The summed E-state index contributed by atoms with van der Waals surface area (Å²) in [4.78, 5) is 12.0. The van der Waals surface area contributed by atoms with Crippen molar-refractivity contribution >= 4 is 11.6 Å². The van der Waals surface area contributed by atoms with E-state index in [0.717, 1.165) is 12.2 Å². The number of anilines is 1. The fraction of sp³-hybridized carbons (Fsp3) is 0.417. The summed E-state index contributed by atoms with van der Waals surface area (Å²) < 4.78 is 5.51. The number of aliphatic hydroxyl groups is 1. The lowest BCUT2D eigenvalue weighted by atomic mass is 10.1. The van der Waals surface area contributed by atoms with Crippen LogP contribution in [0.25, 0.3) is 0 Å². The van der Waals surface area contributed by atoms with E-state index in [-0.39, 0.29) is 18.6 Å². The molecule has 92 valence electrons. The van der Waals surface area contributed by atoms with Gasteiger partial charge in [0.1, 0.15) is 6.61 Å². The third-order valence-electron chi connectivity index (χ3n) is 2.57. The van der Waals surface area contributed by atoms with Gasteiger partial charge in [0.15, 0.2) is 5.75 Å². The van der Waals surface area contributed by atoms with Crippen LogP contribution in [-0.2, 0) is 0 Å². The van der Waals surface area contributed by atoms with Crippen molar-refractivity contribution in [2.45, 2.75) is 13.0 Å². The lowest BCUT2D eigenvalue weighted by Crippen LogP contribution is -2.35. The first-order valence-corrected chi connectivity index (χ1v) is 5.63.